The minimum atomic E-state index is -0.484. The van der Waals surface area contributed by atoms with Crippen LogP contribution in [0.25, 0.3) is 22.3 Å². The molecule has 0 radical (unpaired) electrons. The van der Waals surface area contributed by atoms with E-state index >= 15 is 0 Å². The van der Waals surface area contributed by atoms with Crippen molar-refractivity contribution in [2.75, 3.05) is 13.1 Å². The van der Waals surface area contributed by atoms with Crippen LogP contribution in [0.15, 0.2) is 22.7 Å². The molecule has 1 fully saturated rings. The van der Waals surface area contributed by atoms with Crippen LogP contribution in [0.4, 0.5) is 4.79 Å². The molecule has 30 heavy (non-hydrogen) atoms. The molecule has 1 aromatic carbocycles. The van der Waals surface area contributed by atoms with Crippen LogP contribution in [0.5, 0.6) is 0 Å². The fraction of sp³-hybridized carbons (Fsp3) is 0.545. The van der Waals surface area contributed by atoms with Gasteiger partial charge in [0.1, 0.15) is 5.60 Å². The summed E-state index contributed by atoms with van der Waals surface area (Å²) in [5.74, 6) is 1.37. The standard InChI is InChI=1S/C22H29N5O3/c1-6-27-18-13-16(7-8-17(18)14(2)24-27)19-23-20(30-25-19)15-9-11-26(12-10-15)21(28)29-22(3,4)5/h7-8,13,15H,6,9-12H2,1-5H3. The lowest BCUT2D eigenvalue weighted by Gasteiger charge is -2.32. The molecular formula is C22H29N5O3. The van der Waals surface area contributed by atoms with E-state index in [0.717, 1.165) is 41.5 Å². The number of rotatable bonds is 3. The zero-order valence-electron chi connectivity index (χ0n) is 18.3. The van der Waals surface area contributed by atoms with Gasteiger partial charge in [-0.3, -0.25) is 4.68 Å². The van der Waals surface area contributed by atoms with Crippen LogP contribution in [0.3, 0.4) is 0 Å². The van der Waals surface area contributed by atoms with Gasteiger partial charge in [-0.05, 0) is 53.5 Å². The lowest BCUT2D eigenvalue weighted by Crippen LogP contribution is -2.41. The van der Waals surface area contributed by atoms with Crippen molar-refractivity contribution in [3.05, 3.63) is 29.8 Å². The largest absolute Gasteiger partial charge is 0.444 e. The molecule has 0 atom stereocenters. The number of carbonyl (C=O) groups excluding carboxylic acids is 1. The highest BCUT2D eigenvalue weighted by atomic mass is 16.6. The number of piperidine rings is 1. The molecule has 3 aromatic rings. The third-order valence-electron chi connectivity index (χ3n) is 5.43. The average Bonchev–Trinajstić information content (AvgIpc) is 3.32. The Bertz CT molecular complexity index is 1050. The first kappa shape index (κ1) is 20.4. The summed E-state index contributed by atoms with van der Waals surface area (Å²) < 4.78 is 13.0. The second kappa shape index (κ2) is 7.74. The molecule has 4 rings (SSSR count). The highest BCUT2D eigenvalue weighted by Gasteiger charge is 2.30. The second-order valence-corrected chi connectivity index (χ2v) is 8.83. The summed E-state index contributed by atoms with van der Waals surface area (Å²) in [7, 11) is 0. The van der Waals surface area contributed by atoms with Gasteiger partial charge in [0.05, 0.1) is 11.2 Å². The van der Waals surface area contributed by atoms with Gasteiger partial charge in [-0.25, -0.2) is 4.79 Å². The third-order valence-corrected chi connectivity index (χ3v) is 5.43. The number of hydrogen-bond donors (Lipinski definition) is 0. The zero-order valence-corrected chi connectivity index (χ0v) is 18.3. The Labute approximate surface area is 176 Å². The van der Waals surface area contributed by atoms with E-state index in [9.17, 15) is 4.79 Å². The van der Waals surface area contributed by atoms with E-state index in [4.69, 9.17) is 9.26 Å². The molecular weight excluding hydrogens is 382 g/mol. The molecule has 0 saturated carbocycles. The van der Waals surface area contributed by atoms with Crippen molar-refractivity contribution in [1.29, 1.82) is 0 Å². The zero-order chi connectivity index (χ0) is 21.5. The van der Waals surface area contributed by atoms with E-state index in [1.54, 1.807) is 4.90 Å². The lowest BCUT2D eigenvalue weighted by molar-refractivity contribution is 0.0198. The fourth-order valence-corrected chi connectivity index (χ4v) is 3.87. The summed E-state index contributed by atoms with van der Waals surface area (Å²) in [6, 6.07) is 6.14. The van der Waals surface area contributed by atoms with Gasteiger partial charge in [-0.1, -0.05) is 17.3 Å². The lowest BCUT2D eigenvalue weighted by atomic mass is 9.97. The first-order chi connectivity index (χ1) is 14.2. The van der Waals surface area contributed by atoms with Gasteiger partial charge in [0.2, 0.25) is 11.7 Å². The maximum Gasteiger partial charge on any atom is 0.410 e. The van der Waals surface area contributed by atoms with Gasteiger partial charge in [-0.15, -0.1) is 0 Å². The molecule has 0 N–H and O–H groups in total. The SMILES string of the molecule is CCn1nc(C)c2ccc(-c3noc(C4CCN(C(=O)OC(C)(C)C)CC4)n3)cc21. The Morgan fingerprint density at radius 2 is 2.00 bits per heavy atom. The maximum absolute atomic E-state index is 12.3. The molecule has 1 aliphatic rings. The molecule has 8 heteroatoms. The van der Waals surface area contributed by atoms with Gasteiger partial charge in [0.15, 0.2) is 0 Å². The minimum Gasteiger partial charge on any atom is -0.444 e. The molecule has 0 spiro atoms. The number of aryl methyl sites for hydroxylation is 2. The summed E-state index contributed by atoms with van der Waals surface area (Å²) >= 11 is 0. The van der Waals surface area contributed by atoms with Crippen molar-refractivity contribution in [1.82, 2.24) is 24.8 Å². The van der Waals surface area contributed by atoms with Crippen molar-refractivity contribution in [3.8, 4) is 11.4 Å². The number of aromatic nitrogens is 4. The van der Waals surface area contributed by atoms with E-state index in [2.05, 4.69) is 34.3 Å². The van der Waals surface area contributed by atoms with Crippen LogP contribution in [0.1, 0.15) is 58.0 Å². The fourth-order valence-electron chi connectivity index (χ4n) is 3.87. The van der Waals surface area contributed by atoms with Crippen LogP contribution in [-0.2, 0) is 11.3 Å². The summed E-state index contributed by atoms with van der Waals surface area (Å²) in [5, 5.41) is 9.93. The van der Waals surface area contributed by atoms with Crippen LogP contribution < -0.4 is 0 Å². The highest BCUT2D eigenvalue weighted by molar-refractivity contribution is 5.85. The highest BCUT2D eigenvalue weighted by Crippen LogP contribution is 2.30. The Kier molecular flexibility index (Phi) is 5.26. The van der Waals surface area contributed by atoms with Gasteiger partial charge < -0.3 is 14.2 Å². The summed E-state index contributed by atoms with van der Waals surface area (Å²) in [6.07, 6.45) is 1.30. The summed E-state index contributed by atoms with van der Waals surface area (Å²) in [6.45, 7) is 11.8. The number of amides is 1. The number of fused-ring (bicyclic) bond motifs is 1. The molecule has 1 aliphatic heterocycles. The molecule has 0 unspecified atom stereocenters. The van der Waals surface area contributed by atoms with Gasteiger partial charge >= 0.3 is 6.09 Å². The quantitative estimate of drug-likeness (QED) is 0.629. The molecule has 1 amide bonds. The smallest absolute Gasteiger partial charge is 0.410 e. The van der Waals surface area contributed by atoms with E-state index < -0.39 is 5.60 Å². The first-order valence-electron chi connectivity index (χ1n) is 10.5. The van der Waals surface area contributed by atoms with E-state index in [1.165, 1.54) is 0 Å². The van der Waals surface area contributed by atoms with E-state index in [-0.39, 0.29) is 12.0 Å². The number of ether oxygens (including phenoxy) is 1. The number of carbonyl (C=O) groups is 1. The van der Waals surface area contributed by atoms with Crippen LogP contribution in [-0.4, -0.2) is 49.6 Å². The number of nitrogens with zero attached hydrogens (tertiary/aromatic N) is 5. The minimum absolute atomic E-state index is 0.150. The normalized spacial score (nSPS) is 15.7. The summed E-state index contributed by atoms with van der Waals surface area (Å²) in [5.41, 5.74) is 2.52. The van der Waals surface area contributed by atoms with Crippen molar-refractivity contribution in [3.63, 3.8) is 0 Å². The molecule has 0 aliphatic carbocycles. The first-order valence-corrected chi connectivity index (χ1v) is 10.5. The number of likely N-dealkylation sites (tertiary alicyclic amines) is 1. The van der Waals surface area contributed by atoms with E-state index in [0.29, 0.717) is 24.8 Å². The van der Waals surface area contributed by atoms with Crippen molar-refractivity contribution in [2.24, 2.45) is 0 Å². The van der Waals surface area contributed by atoms with Crippen LogP contribution in [0.2, 0.25) is 0 Å². The van der Waals surface area contributed by atoms with Crippen LogP contribution >= 0.6 is 0 Å². The number of benzene rings is 1. The van der Waals surface area contributed by atoms with Gasteiger partial charge in [0.25, 0.3) is 0 Å². The Balaban J connectivity index is 1.46. The van der Waals surface area contributed by atoms with E-state index in [1.807, 2.05) is 38.4 Å². The molecule has 1 saturated heterocycles. The van der Waals surface area contributed by atoms with Gasteiger partial charge in [-0.2, -0.15) is 10.1 Å². The molecule has 160 valence electrons. The Morgan fingerprint density at radius 3 is 2.67 bits per heavy atom. The Hall–Kier alpha value is -2.90. The van der Waals surface area contributed by atoms with Crippen molar-refractivity contribution >= 4 is 17.0 Å². The predicted octanol–water partition coefficient (Wildman–Crippen LogP) is 4.53. The van der Waals surface area contributed by atoms with Crippen molar-refractivity contribution in [2.45, 2.75) is 65.5 Å². The molecule has 2 aromatic heterocycles. The maximum atomic E-state index is 12.3. The molecule has 0 bridgehead atoms. The average molecular weight is 412 g/mol. The second-order valence-electron chi connectivity index (χ2n) is 8.83. The van der Waals surface area contributed by atoms with Crippen LogP contribution in [0, 0.1) is 6.92 Å². The molecule has 3 heterocycles. The Morgan fingerprint density at radius 1 is 1.27 bits per heavy atom. The van der Waals surface area contributed by atoms with Crippen molar-refractivity contribution < 1.29 is 14.1 Å². The topological polar surface area (TPSA) is 86.3 Å². The monoisotopic (exact) mass is 411 g/mol. The van der Waals surface area contributed by atoms with Gasteiger partial charge in [0, 0.05) is 36.5 Å². The summed E-state index contributed by atoms with van der Waals surface area (Å²) in [4.78, 5) is 18.7. The number of hydrogen-bond acceptors (Lipinski definition) is 6. The third kappa shape index (κ3) is 4.04. The predicted molar refractivity (Wildman–Crippen MR) is 113 cm³/mol. The molecule has 8 nitrogen and oxygen atoms in total.